The predicted molar refractivity (Wildman–Crippen MR) is 119 cm³/mol. The van der Waals surface area contributed by atoms with Crippen LogP contribution in [-0.2, 0) is 9.92 Å². The average Bonchev–Trinajstić information content (AvgIpc) is 2.69. The SMILES string of the molecule is C[C@H](N=C1NS(C)(=O)=Nc2c(Br)cc(Br)cc21)c1nccnc1-c1cnccn1. The van der Waals surface area contributed by atoms with Gasteiger partial charge in [-0.3, -0.25) is 29.7 Å². The topological polar surface area (TPSA) is 105 Å². The van der Waals surface area contributed by atoms with Gasteiger partial charge in [0.2, 0.25) is 0 Å². The number of amidine groups is 1. The van der Waals surface area contributed by atoms with Gasteiger partial charge in [0, 0.05) is 45.6 Å². The quantitative estimate of drug-likeness (QED) is 0.539. The molecule has 0 aliphatic carbocycles. The number of hydrogen-bond acceptors (Lipinski definition) is 7. The zero-order chi connectivity index (χ0) is 20.6. The number of hydrogen-bond donors (Lipinski definition) is 1. The molecule has 0 saturated carbocycles. The molecule has 3 heterocycles. The predicted octanol–water partition coefficient (Wildman–Crippen LogP) is 4.21. The molecule has 1 N–H and O–H groups in total. The summed E-state index contributed by atoms with van der Waals surface area (Å²) in [5.41, 5.74) is 3.19. The molecule has 11 heteroatoms. The van der Waals surface area contributed by atoms with Gasteiger partial charge in [0.25, 0.3) is 0 Å². The van der Waals surface area contributed by atoms with Crippen LogP contribution in [0.1, 0.15) is 24.2 Å². The van der Waals surface area contributed by atoms with Crippen LogP contribution >= 0.6 is 31.9 Å². The third-order valence-corrected chi connectivity index (χ3v) is 6.25. The van der Waals surface area contributed by atoms with E-state index in [0.29, 0.717) is 28.6 Å². The zero-order valence-corrected chi connectivity index (χ0v) is 19.4. The van der Waals surface area contributed by atoms with Crippen LogP contribution in [0.5, 0.6) is 0 Å². The van der Waals surface area contributed by atoms with Crippen LogP contribution in [-0.4, -0.2) is 36.2 Å². The van der Waals surface area contributed by atoms with Crippen LogP contribution in [0.3, 0.4) is 0 Å². The van der Waals surface area contributed by atoms with Crippen LogP contribution in [0.25, 0.3) is 11.4 Å². The molecule has 1 unspecified atom stereocenters. The Labute approximate surface area is 184 Å². The number of nitrogens with one attached hydrogen (secondary N) is 1. The molecule has 148 valence electrons. The van der Waals surface area contributed by atoms with E-state index in [1.165, 1.54) is 6.26 Å². The Morgan fingerprint density at radius 3 is 2.62 bits per heavy atom. The van der Waals surface area contributed by atoms with Crippen molar-refractivity contribution in [3.8, 4) is 11.4 Å². The van der Waals surface area contributed by atoms with Crippen LogP contribution in [0.15, 0.2) is 61.4 Å². The van der Waals surface area contributed by atoms with Crippen molar-refractivity contribution in [1.29, 1.82) is 0 Å². The van der Waals surface area contributed by atoms with Gasteiger partial charge in [-0.1, -0.05) is 15.9 Å². The summed E-state index contributed by atoms with van der Waals surface area (Å²) in [6.45, 7) is 1.90. The fourth-order valence-corrected chi connectivity index (χ4v) is 5.44. The molecule has 0 bridgehead atoms. The van der Waals surface area contributed by atoms with Crippen molar-refractivity contribution in [3.63, 3.8) is 0 Å². The van der Waals surface area contributed by atoms with Gasteiger partial charge in [0.05, 0.1) is 23.6 Å². The van der Waals surface area contributed by atoms with Crippen molar-refractivity contribution >= 4 is 53.3 Å². The van der Waals surface area contributed by atoms with Crippen LogP contribution in [0.2, 0.25) is 0 Å². The molecule has 3 aromatic rings. The Hall–Kier alpha value is -2.24. The normalized spacial score (nSPS) is 20.5. The molecule has 29 heavy (non-hydrogen) atoms. The monoisotopic (exact) mass is 535 g/mol. The van der Waals surface area contributed by atoms with Gasteiger partial charge in [-0.05, 0) is 35.0 Å². The van der Waals surface area contributed by atoms with Crippen LogP contribution in [0, 0.1) is 0 Å². The minimum absolute atomic E-state index is 0.387. The van der Waals surface area contributed by atoms with E-state index in [4.69, 9.17) is 4.99 Å². The van der Waals surface area contributed by atoms with Gasteiger partial charge < -0.3 is 0 Å². The Balaban J connectivity index is 1.83. The van der Waals surface area contributed by atoms with Gasteiger partial charge in [-0.2, -0.15) is 4.36 Å². The van der Waals surface area contributed by atoms with E-state index in [-0.39, 0.29) is 6.04 Å². The minimum atomic E-state index is -2.68. The van der Waals surface area contributed by atoms with E-state index in [9.17, 15) is 4.21 Å². The lowest BCUT2D eigenvalue weighted by molar-refractivity contribution is 0.677. The molecule has 4 rings (SSSR count). The molecular weight excluding hydrogens is 522 g/mol. The van der Waals surface area contributed by atoms with E-state index in [0.717, 1.165) is 14.5 Å². The highest BCUT2D eigenvalue weighted by molar-refractivity contribution is 9.11. The van der Waals surface area contributed by atoms with Gasteiger partial charge in [0.15, 0.2) is 0 Å². The van der Waals surface area contributed by atoms with Crippen molar-refractivity contribution in [2.75, 3.05) is 6.26 Å². The lowest BCUT2D eigenvalue weighted by Crippen LogP contribution is -2.33. The highest BCUT2D eigenvalue weighted by atomic mass is 79.9. The molecule has 2 aromatic heterocycles. The molecule has 0 radical (unpaired) electrons. The first-order chi connectivity index (χ1) is 13.8. The van der Waals surface area contributed by atoms with Gasteiger partial charge in [0.1, 0.15) is 27.1 Å². The highest BCUT2D eigenvalue weighted by Gasteiger charge is 2.24. The fourth-order valence-electron chi connectivity index (χ4n) is 2.89. The fraction of sp³-hybridized carbons (Fsp3) is 0.167. The average molecular weight is 537 g/mol. The number of aromatic nitrogens is 4. The summed E-state index contributed by atoms with van der Waals surface area (Å²) in [6, 6.07) is 3.36. The lowest BCUT2D eigenvalue weighted by Gasteiger charge is -2.22. The second-order valence-electron chi connectivity index (χ2n) is 6.31. The van der Waals surface area contributed by atoms with Crippen molar-refractivity contribution < 1.29 is 4.21 Å². The van der Waals surface area contributed by atoms with Crippen LogP contribution in [0.4, 0.5) is 5.69 Å². The second-order valence-corrected chi connectivity index (χ2v) is 10.1. The Morgan fingerprint density at radius 2 is 1.86 bits per heavy atom. The Kier molecular flexibility index (Phi) is 5.45. The number of aliphatic imine (C=N–C) groups is 1. The van der Waals surface area contributed by atoms with Crippen molar-refractivity contribution in [1.82, 2.24) is 24.7 Å². The molecule has 8 nitrogen and oxygen atoms in total. The van der Waals surface area contributed by atoms with Gasteiger partial charge >= 0.3 is 0 Å². The van der Waals surface area contributed by atoms with Crippen molar-refractivity contribution in [3.05, 3.63) is 63.3 Å². The molecule has 1 aromatic carbocycles. The highest BCUT2D eigenvalue weighted by Crippen LogP contribution is 2.37. The summed E-state index contributed by atoms with van der Waals surface area (Å²) in [5, 5.41) is 0. The summed E-state index contributed by atoms with van der Waals surface area (Å²) in [5.74, 6) is 0.479. The maximum Gasteiger partial charge on any atom is 0.143 e. The first-order valence-corrected chi connectivity index (χ1v) is 12.0. The molecule has 2 atom stereocenters. The van der Waals surface area contributed by atoms with E-state index >= 15 is 0 Å². The van der Waals surface area contributed by atoms with E-state index in [2.05, 4.69) is 60.9 Å². The molecule has 0 spiro atoms. The molecule has 1 aliphatic rings. The third kappa shape index (κ3) is 4.21. The molecule has 0 fully saturated rings. The first kappa shape index (κ1) is 20.0. The molecule has 0 saturated heterocycles. The first-order valence-electron chi connectivity index (χ1n) is 8.48. The van der Waals surface area contributed by atoms with Crippen LogP contribution < -0.4 is 4.72 Å². The number of benzene rings is 1. The molecular formula is C18H15Br2N7OS. The third-order valence-electron chi connectivity index (χ3n) is 4.09. The summed E-state index contributed by atoms with van der Waals surface area (Å²) in [4.78, 5) is 22.1. The van der Waals surface area contributed by atoms with Gasteiger partial charge in [-0.15, -0.1) is 0 Å². The van der Waals surface area contributed by atoms with E-state index in [1.807, 2.05) is 19.1 Å². The summed E-state index contributed by atoms with van der Waals surface area (Å²) in [7, 11) is -2.68. The largest absolute Gasteiger partial charge is 0.283 e. The summed E-state index contributed by atoms with van der Waals surface area (Å²) < 4.78 is 21.7. The van der Waals surface area contributed by atoms with E-state index in [1.54, 1.807) is 31.0 Å². The maximum atomic E-state index is 12.8. The summed E-state index contributed by atoms with van der Waals surface area (Å²) in [6.07, 6.45) is 9.59. The van der Waals surface area contributed by atoms with E-state index < -0.39 is 9.92 Å². The number of fused-ring (bicyclic) bond motifs is 1. The second kappa shape index (κ2) is 7.88. The Bertz CT molecular complexity index is 1240. The minimum Gasteiger partial charge on any atom is -0.283 e. The smallest absolute Gasteiger partial charge is 0.143 e. The molecule has 1 aliphatic heterocycles. The number of nitrogens with zero attached hydrogens (tertiary/aromatic N) is 6. The standard InChI is InChI=1S/C18H15Br2N7OS/c1-10(15-17(24-6-5-23-15)14-9-21-3-4-22-14)25-18-12-7-11(19)8-13(20)16(12)26-29(2,28)27-18/h3-10H,1-2H3,(H,25,26,27,28)/t10-,29?/m0/s1. The van der Waals surface area contributed by atoms with Gasteiger partial charge in [-0.25, -0.2) is 4.21 Å². The lowest BCUT2D eigenvalue weighted by atomic mass is 10.1. The number of halogens is 2. The maximum absolute atomic E-state index is 12.8. The Morgan fingerprint density at radius 1 is 1.10 bits per heavy atom. The van der Waals surface area contributed by atoms with Crippen molar-refractivity contribution in [2.24, 2.45) is 9.36 Å². The molecule has 0 amide bonds. The number of rotatable bonds is 3. The zero-order valence-electron chi connectivity index (χ0n) is 15.4. The van der Waals surface area contributed by atoms with Crippen molar-refractivity contribution in [2.45, 2.75) is 13.0 Å². The summed E-state index contributed by atoms with van der Waals surface area (Å²) >= 11 is 6.98.